The normalized spacial score (nSPS) is 48.6. The van der Waals surface area contributed by atoms with Crippen LogP contribution in [-0.4, -0.2) is 91.7 Å². The van der Waals surface area contributed by atoms with Crippen LogP contribution in [0.1, 0.15) is 48.0 Å². The van der Waals surface area contributed by atoms with Crippen molar-refractivity contribution < 1.29 is 49.0 Å². The zero-order chi connectivity index (χ0) is 29.8. The number of hydrogen-bond acceptors (Lipinski definition) is 11. The largest absolute Gasteiger partial charge is 0.454 e. The van der Waals surface area contributed by atoms with Gasteiger partial charge in [0.25, 0.3) is 0 Å². The fraction of sp³-hybridized carbons (Fsp3) is 0.759. The molecule has 222 valence electrons. The third kappa shape index (κ3) is 3.33. The standard InChI is InChI=1S/C29H40O10S/c1-8-13(2)23(34)38-29-19(25(29,5)6)18-21(33)26(12-30)24(39-26)28(36)16(11-14(3)20(28)32)27(18,35)15(4)22(29)37-17(31)9-10-40-7/h9-11,13,15-16,18-19,21-22,24,30,33,35-36H,8,12H2,1-7H3/b10-9+. The van der Waals surface area contributed by atoms with Crippen LogP contribution < -0.4 is 0 Å². The Morgan fingerprint density at radius 2 is 1.93 bits per heavy atom. The molecule has 1 heterocycles. The number of ketones is 1. The number of esters is 2. The van der Waals surface area contributed by atoms with Crippen molar-refractivity contribution >= 4 is 29.5 Å². The first-order valence-electron chi connectivity index (χ1n) is 13.9. The molecule has 12 atom stereocenters. The van der Waals surface area contributed by atoms with Gasteiger partial charge in [-0.2, -0.15) is 0 Å². The van der Waals surface area contributed by atoms with Gasteiger partial charge in [-0.25, -0.2) is 4.79 Å². The SMILES string of the molecule is CCC(C)C(=O)OC12C(OC(=O)/C=C/SC)C(C)C3(O)C(C(O)C4(CO)OC4C4(O)C(=O)C(C)=CC43)C1C2(C)C. The fourth-order valence-electron chi connectivity index (χ4n) is 8.40. The highest BCUT2D eigenvalue weighted by Gasteiger charge is 2.92. The minimum Gasteiger partial charge on any atom is -0.454 e. The second-order valence-electron chi connectivity index (χ2n) is 12.9. The van der Waals surface area contributed by atoms with Crippen molar-refractivity contribution in [3.05, 3.63) is 23.1 Å². The lowest BCUT2D eigenvalue weighted by atomic mass is 9.58. The summed E-state index contributed by atoms with van der Waals surface area (Å²) in [5.74, 6) is -6.48. The smallest absolute Gasteiger partial charge is 0.331 e. The van der Waals surface area contributed by atoms with Gasteiger partial charge in [0.1, 0.15) is 17.8 Å². The molecule has 0 aromatic heterocycles. The zero-order valence-electron chi connectivity index (χ0n) is 23.9. The van der Waals surface area contributed by atoms with E-state index in [2.05, 4.69) is 0 Å². The van der Waals surface area contributed by atoms with Gasteiger partial charge >= 0.3 is 11.9 Å². The van der Waals surface area contributed by atoms with E-state index in [0.29, 0.717) is 6.42 Å². The molecule has 1 aliphatic heterocycles. The van der Waals surface area contributed by atoms with E-state index >= 15 is 0 Å². The zero-order valence-corrected chi connectivity index (χ0v) is 24.7. The number of carbonyl (C=O) groups excluding carboxylic acids is 3. The molecule has 4 N–H and O–H groups in total. The third-order valence-corrected chi connectivity index (χ3v) is 11.3. The minimum absolute atomic E-state index is 0.220. The lowest BCUT2D eigenvalue weighted by Gasteiger charge is -2.54. The van der Waals surface area contributed by atoms with Crippen LogP contribution >= 0.6 is 11.8 Å². The maximum Gasteiger partial charge on any atom is 0.331 e. The van der Waals surface area contributed by atoms with Crippen molar-refractivity contribution in [1.29, 1.82) is 0 Å². The number of aliphatic hydroxyl groups is 4. The van der Waals surface area contributed by atoms with Gasteiger partial charge in [0, 0.05) is 35.2 Å². The number of rotatable bonds is 7. The van der Waals surface area contributed by atoms with E-state index in [4.69, 9.17) is 14.2 Å². The maximum atomic E-state index is 13.4. The quantitative estimate of drug-likeness (QED) is 0.194. The highest BCUT2D eigenvalue weighted by atomic mass is 32.2. The van der Waals surface area contributed by atoms with Gasteiger partial charge in [-0.05, 0) is 30.6 Å². The summed E-state index contributed by atoms with van der Waals surface area (Å²) < 4.78 is 18.1. The molecule has 12 unspecified atom stereocenters. The lowest BCUT2D eigenvalue weighted by Crippen LogP contribution is -2.69. The molecule has 4 aliphatic carbocycles. The van der Waals surface area contributed by atoms with Crippen LogP contribution in [-0.2, 0) is 28.6 Å². The average molecular weight is 581 g/mol. The van der Waals surface area contributed by atoms with E-state index in [1.54, 1.807) is 25.5 Å². The van der Waals surface area contributed by atoms with Crippen LogP contribution in [0.5, 0.6) is 0 Å². The van der Waals surface area contributed by atoms with Gasteiger partial charge in [-0.15, -0.1) is 11.8 Å². The van der Waals surface area contributed by atoms with Crippen molar-refractivity contribution in [2.75, 3.05) is 12.9 Å². The highest BCUT2D eigenvalue weighted by Crippen LogP contribution is 2.79. The number of fused-ring (bicyclic) bond motifs is 7. The first kappa shape index (κ1) is 29.7. The Kier molecular flexibility index (Phi) is 6.78. The summed E-state index contributed by atoms with van der Waals surface area (Å²) in [5.41, 5.74) is -8.11. The number of carbonyl (C=O) groups is 3. The van der Waals surface area contributed by atoms with Crippen LogP contribution in [0.4, 0.5) is 0 Å². The summed E-state index contributed by atoms with van der Waals surface area (Å²) in [4.78, 5) is 39.7. The number of epoxide rings is 1. The van der Waals surface area contributed by atoms with E-state index in [-0.39, 0.29) is 5.57 Å². The summed E-state index contributed by atoms with van der Waals surface area (Å²) >= 11 is 1.30. The Labute approximate surface area is 238 Å². The molecule has 0 aromatic rings. The van der Waals surface area contributed by atoms with Crippen LogP contribution in [0.3, 0.4) is 0 Å². The molecular formula is C29H40O10S. The van der Waals surface area contributed by atoms with Gasteiger partial charge in [-0.3, -0.25) is 9.59 Å². The molecule has 5 rings (SSSR count). The fourth-order valence-corrected chi connectivity index (χ4v) is 8.65. The van der Waals surface area contributed by atoms with Crippen LogP contribution in [0, 0.1) is 35.0 Å². The first-order chi connectivity index (χ1) is 18.6. The monoisotopic (exact) mass is 580 g/mol. The van der Waals surface area contributed by atoms with Crippen LogP contribution in [0.15, 0.2) is 23.1 Å². The molecule has 0 amide bonds. The number of Topliss-reactive ketones (excluding diaryl/α,β-unsaturated/α-hetero) is 1. The number of hydrogen-bond donors (Lipinski definition) is 4. The van der Waals surface area contributed by atoms with Crippen molar-refractivity contribution in [3.63, 3.8) is 0 Å². The van der Waals surface area contributed by atoms with Crippen molar-refractivity contribution in [2.24, 2.45) is 35.0 Å². The van der Waals surface area contributed by atoms with Crippen LogP contribution in [0.25, 0.3) is 0 Å². The molecule has 0 aromatic carbocycles. The predicted molar refractivity (Wildman–Crippen MR) is 144 cm³/mol. The molecule has 10 nitrogen and oxygen atoms in total. The van der Waals surface area contributed by atoms with Gasteiger partial charge < -0.3 is 34.6 Å². The third-order valence-electron chi connectivity index (χ3n) is 10.9. The molecule has 11 heteroatoms. The average Bonchev–Trinajstić information content (AvgIpc) is 3.75. The van der Waals surface area contributed by atoms with E-state index < -0.39 is 100 Å². The second-order valence-corrected chi connectivity index (χ2v) is 13.6. The Bertz CT molecular complexity index is 1200. The van der Waals surface area contributed by atoms with E-state index in [0.717, 1.165) is 0 Å². The Hall–Kier alpha value is -1.76. The van der Waals surface area contributed by atoms with Crippen molar-refractivity contribution in [1.82, 2.24) is 0 Å². The maximum absolute atomic E-state index is 13.4. The first-order valence-corrected chi connectivity index (χ1v) is 15.1. The summed E-state index contributed by atoms with van der Waals surface area (Å²) in [6.07, 6.45) is 1.05. The molecular weight excluding hydrogens is 540 g/mol. The Balaban J connectivity index is 1.72. The molecule has 0 radical (unpaired) electrons. The second kappa shape index (κ2) is 9.12. The number of aliphatic hydroxyl groups excluding tert-OH is 2. The van der Waals surface area contributed by atoms with Gasteiger partial charge in [0.15, 0.2) is 17.0 Å². The Morgan fingerprint density at radius 3 is 2.50 bits per heavy atom. The lowest BCUT2D eigenvalue weighted by molar-refractivity contribution is -0.250. The van der Waals surface area contributed by atoms with Gasteiger partial charge in [0.2, 0.25) is 0 Å². The van der Waals surface area contributed by atoms with E-state index in [1.165, 1.54) is 30.8 Å². The molecule has 0 spiro atoms. The molecule has 4 fully saturated rings. The summed E-state index contributed by atoms with van der Waals surface area (Å²) in [6.45, 7) is 9.67. The molecule has 40 heavy (non-hydrogen) atoms. The summed E-state index contributed by atoms with van der Waals surface area (Å²) in [5, 5.41) is 48.7. The molecule has 0 bridgehead atoms. The summed E-state index contributed by atoms with van der Waals surface area (Å²) in [6, 6.07) is 0. The van der Waals surface area contributed by atoms with E-state index in [1.807, 2.05) is 20.8 Å². The van der Waals surface area contributed by atoms with Crippen LogP contribution in [0.2, 0.25) is 0 Å². The van der Waals surface area contributed by atoms with Crippen molar-refractivity contribution in [2.45, 2.75) is 88.7 Å². The van der Waals surface area contributed by atoms with Gasteiger partial charge in [0.05, 0.1) is 24.2 Å². The molecule has 3 saturated carbocycles. The van der Waals surface area contributed by atoms with Gasteiger partial charge in [-0.1, -0.05) is 40.7 Å². The number of thioether (sulfide) groups is 1. The topological polar surface area (TPSA) is 163 Å². The predicted octanol–water partition coefficient (Wildman–Crippen LogP) is 1.14. The molecule has 5 aliphatic rings. The number of ether oxygens (including phenoxy) is 3. The summed E-state index contributed by atoms with van der Waals surface area (Å²) in [7, 11) is 0. The van der Waals surface area contributed by atoms with Crippen molar-refractivity contribution in [3.8, 4) is 0 Å². The Morgan fingerprint density at radius 1 is 1.27 bits per heavy atom. The molecule has 1 saturated heterocycles. The highest BCUT2D eigenvalue weighted by molar-refractivity contribution is 8.01. The van der Waals surface area contributed by atoms with E-state index in [9.17, 15) is 34.8 Å². The minimum atomic E-state index is -2.26.